The Hall–Kier alpha value is -3.39. The van der Waals surface area contributed by atoms with E-state index in [-0.39, 0.29) is 30.0 Å². The van der Waals surface area contributed by atoms with Gasteiger partial charge in [0.05, 0.1) is 32.1 Å². The number of nitrogens with one attached hydrogen (secondary N) is 1. The van der Waals surface area contributed by atoms with Crippen LogP contribution in [0, 0.1) is 5.82 Å². The first-order chi connectivity index (χ1) is 15.9. The first-order valence-corrected chi connectivity index (χ1v) is 11.3. The maximum atomic E-state index is 14.3. The highest BCUT2D eigenvalue weighted by Crippen LogP contribution is 2.42. The molecule has 0 bridgehead atoms. The van der Waals surface area contributed by atoms with Crippen molar-refractivity contribution in [2.45, 2.75) is 25.9 Å². The molecule has 1 aliphatic rings. The average Bonchev–Trinajstić information content (AvgIpc) is 3.44. The van der Waals surface area contributed by atoms with Crippen LogP contribution in [-0.2, 0) is 17.6 Å². The number of Topliss-reactive ketones (excluding diaryl/α,β-unsaturated/α-hetero) is 1. The molecule has 1 amide bonds. The highest BCUT2D eigenvalue weighted by molar-refractivity contribution is 7.17. The predicted molar refractivity (Wildman–Crippen MR) is 124 cm³/mol. The summed E-state index contributed by atoms with van der Waals surface area (Å²) in [6, 6.07) is 11.8. The molecule has 2 aromatic carbocycles. The summed E-state index contributed by atoms with van der Waals surface area (Å²) in [6.07, 6.45) is 0.368. The number of ketones is 1. The van der Waals surface area contributed by atoms with Crippen LogP contribution in [0.4, 0.5) is 4.39 Å². The zero-order valence-electron chi connectivity index (χ0n) is 18.6. The van der Waals surface area contributed by atoms with Gasteiger partial charge in [0.15, 0.2) is 17.3 Å². The van der Waals surface area contributed by atoms with Crippen molar-refractivity contribution in [3.8, 4) is 27.7 Å². The van der Waals surface area contributed by atoms with Gasteiger partial charge in [-0.05, 0) is 48.9 Å². The first-order valence-electron chi connectivity index (χ1n) is 10.5. The number of carbonyl (C=O) groups excluding carboxylic acids is 2. The van der Waals surface area contributed by atoms with Gasteiger partial charge in [0.1, 0.15) is 17.7 Å². The SMILES string of the molecule is COc1ccc(CC(=O)NC[C@H]2Cc3cc(F)cc(-c4ccc(C(C)=O)s4)c3O2)cc1OC. The van der Waals surface area contributed by atoms with Crippen molar-refractivity contribution in [2.75, 3.05) is 20.8 Å². The molecule has 0 unspecified atom stereocenters. The third kappa shape index (κ3) is 5.01. The van der Waals surface area contributed by atoms with Crippen LogP contribution in [0.15, 0.2) is 42.5 Å². The van der Waals surface area contributed by atoms with Crippen molar-refractivity contribution in [1.29, 1.82) is 0 Å². The summed E-state index contributed by atoms with van der Waals surface area (Å²) in [5.41, 5.74) is 2.17. The topological polar surface area (TPSA) is 73.9 Å². The lowest BCUT2D eigenvalue weighted by Crippen LogP contribution is -2.35. The molecule has 0 fully saturated rings. The molecule has 0 spiro atoms. The van der Waals surface area contributed by atoms with Gasteiger partial charge in [0.25, 0.3) is 0 Å². The normalized spacial score (nSPS) is 14.4. The van der Waals surface area contributed by atoms with Crippen LogP contribution in [-0.4, -0.2) is 38.6 Å². The standard InChI is InChI=1S/C25H24FNO5S/c1-14(28)22-6-7-23(33-22)19-12-17(26)10-16-11-18(32-25(16)19)13-27-24(29)9-15-4-5-20(30-2)21(8-15)31-3/h4-8,10,12,18H,9,11,13H2,1-3H3,(H,27,29)/t18-/m1/s1. The minimum Gasteiger partial charge on any atom is -0.493 e. The number of methoxy groups -OCH3 is 2. The summed E-state index contributed by atoms with van der Waals surface area (Å²) < 4.78 is 30.9. The molecule has 1 N–H and O–H groups in total. The third-order valence-corrected chi connectivity index (χ3v) is 6.64. The summed E-state index contributed by atoms with van der Waals surface area (Å²) >= 11 is 1.31. The van der Waals surface area contributed by atoms with Gasteiger partial charge in [-0.15, -0.1) is 11.3 Å². The zero-order chi connectivity index (χ0) is 23.5. The van der Waals surface area contributed by atoms with E-state index in [1.54, 1.807) is 38.5 Å². The summed E-state index contributed by atoms with van der Waals surface area (Å²) in [7, 11) is 3.10. The molecular weight excluding hydrogens is 445 g/mol. The molecule has 8 heteroatoms. The number of hydrogen-bond donors (Lipinski definition) is 1. The molecule has 1 aliphatic heterocycles. The molecule has 33 heavy (non-hydrogen) atoms. The van der Waals surface area contributed by atoms with Crippen molar-refractivity contribution >= 4 is 23.0 Å². The fourth-order valence-corrected chi connectivity index (χ4v) is 4.74. The van der Waals surface area contributed by atoms with Gasteiger partial charge in [0, 0.05) is 22.4 Å². The smallest absolute Gasteiger partial charge is 0.224 e. The monoisotopic (exact) mass is 469 g/mol. The number of halogens is 1. The van der Waals surface area contributed by atoms with Gasteiger partial charge < -0.3 is 19.5 Å². The number of hydrogen-bond acceptors (Lipinski definition) is 6. The maximum Gasteiger partial charge on any atom is 0.224 e. The van der Waals surface area contributed by atoms with E-state index < -0.39 is 0 Å². The van der Waals surface area contributed by atoms with E-state index in [4.69, 9.17) is 14.2 Å². The third-order valence-electron chi connectivity index (χ3n) is 5.42. The lowest BCUT2D eigenvalue weighted by Gasteiger charge is -2.14. The van der Waals surface area contributed by atoms with Crippen molar-refractivity contribution in [2.24, 2.45) is 0 Å². The van der Waals surface area contributed by atoms with E-state index in [1.807, 2.05) is 6.07 Å². The molecule has 0 aliphatic carbocycles. The van der Waals surface area contributed by atoms with Crippen molar-refractivity contribution < 1.29 is 28.2 Å². The van der Waals surface area contributed by atoms with Crippen molar-refractivity contribution in [1.82, 2.24) is 5.32 Å². The van der Waals surface area contributed by atoms with E-state index in [1.165, 1.54) is 30.4 Å². The van der Waals surface area contributed by atoms with Gasteiger partial charge >= 0.3 is 0 Å². The second-order valence-electron chi connectivity index (χ2n) is 7.78. The largest absolute Gasteiger partial charge is 0.493 e. The second-order valence-corrected chi connectivity index (χ2v) is 8.86. The molecule has 2 heterocycles. The Morgan fingerprint density at radius 1 is 1.12 bits per heavy atom. The Morgan fingerprint density at radius 2 is 1.91 bits per heavy atom. The fourth-order valence-electron chi connectivity index (χ4n) is 3.83. The minimum absolute atomic E-state index is 0.0321. The Kier molecular flexibility index (Phi) is 6.65. The van der Waals surface area contributed by atoms with E-state index in [9.17, 15) is 14.0 Å². The zero-order valence-corrected chi connectivity index (χ0v) is 19.4. The van der Waals surface area contributed by atoms with Gasteiger partial charge in [0.2, 0.25) is 5.91 Å². The van der Waals surface area contributed by atoms with Crippen LogP contribution >= 0.6 is 11.3 Å². The van der Waals surface area contributed by atoms with Gasteiger partial charge in [-0.1, -0.05) is 6.07 Å². The molecule has 0 saturated carbocycles. The number of benzene rings is 2. The lowest BCUT2D eigenvalue weighted by atomic mass is 10.0. The second kappa shape index (κ2) is 9.62. The molecule has 6 nitrogen and oxygen atoms in total. The number of amides is 1. The number of ether oxygens (including phenoxy) is 3. The number of carbonyl (C=O) groups is 2. The van der Waals surface area contributed by atoms with E-state index in [0.717, 1.165) is 16.0 Å². The lowest BCUT2D eigenvalue weighted by molar-refractivity contribution is -0.120. The van der Waals surface area contributed by atoms with E-state index in [2.05, 4.69) is 5.32 Å². The summed E-state index contributed by atoms with van der Waals surface area (Å²) in [5, 5.41) is 2.90. The van der Waals surface area contributed by atoms with Crippen LogP contribution in [0.25, 0.3) is 10.4 Å². The molecule has 3 aromatic rings. The molecule has 172 valence electrons. The van der Waals surface area contributed by atoms with Gasteiger partial charge in [-0.25, -0.2) is 4.39 Å². The van der Waals surface area contributed by atoms with Crippen LogP contribution in [0.5, 0.6) is 17.2 Å². The van der Waals surface area contributed by atoms with Crippen LogP contribution in [0.2, 0.25) is 0 Å². The molecule has 0 radical (unpaired) electrons. The van der Waals surface area contributed by atoms with Crippen molar-refractivity contribution in [3.63, 3.8) is 0 Å². The summed E-state index contributed by atoms with van der Waals surface area (Å²) in [4.78, 5) is 25.5. The Morgan fingerprint density at radius 3 is 2.61 bits per heavy atom. The van der Waals surface area contributed by atoms with E-state index in [0.29, 0.717) is 40.7 Å². The summed E-state index contributed by atoms with van der Waals surface area (Å²) in [6.45, 7) is 1.80. The minimum atomic E-state index is -0.358. The van der Waals surface area contributed by atoms with Crippen LogP contribution < -0.4 is 19.5 Å². The summed E-state index contributed by atoms with van der Waals surface area (Å²) in [5.74, 6) is 1.22. The van der Waals surface area contributed by atoms with Gasteiger partial charge in [-0.2, -0.15) is 0 Å². The Bertz CT molecular complexity index is 1210. The van der Waals surface area contributed by atoms with E-state index >= 15 is 0 Å². The average molecular weight is 470 g/mol. The van der Waals surface area contributed by atoms with Gasteiger partial charge in [-0.3, -0.25) is 9.59 Å². The van der Waals surface area contributed by atoms with Crippen LogP contribution in [0.3, 0.4) is 0 Å². The molecule has 1 atom stereocenters. The highest BCUT2D eigenvalue weighted by atomic mass is 32.1. The fraction of sp³-hybridized carbons (Fsp3) is 0.280. The Labute approximate surface area is 195 Å². The highest BCUT2D eigenvalue weighted by Gasteiger charge is 2.28. The molecule has 4 rings (SSSR count). The first kappa shape index (κ1) is 22.8. The number of fused-ring (bicyclic) bond motifs is 1. The molecule has 1 aromatic heterocycles. The molecule has 0 saturated heterocycles. The predicted octanol–water partition coefficient (Wildman–Crippen LogP) is 4.44. The Balaban J connectivity index is 1.41. The number of rotatable bonds is 8. The van der Waals surface area contributed by atoms with Crippen molar-refractivity contribution in [3.05, 3.63) is 64.3 Å². The maximum absolute atomic E-state index is 14.3. The van der Waals surface area contributed by atoms with Crippen LogP contribution in [0.1, 0.15) is 27.7 Å². The number of thiophene rings is 1. The molecular formula is C25H24FNO5S. The quantitative estimate of drug-likeness (QED) is 0.494.